The monoisotopic (exact) mass is 588 g/mol. The first-order valence-corrected chi connectivity index (χ1v) is 15.6. The van der Waals surface area contributed by atoms with Gasteiger partial charge in [-0.15, -0.1) is 20.4 Å². The molecule has 1 aliphatic carbocycles. The number of imidazole rings is 1. The molecule has 3 heterocycles. The molecule has 1 N–H and O–H groups in total. The van der Waals surface area contributed by atoms with E-state index in [4.69, 9.17) is 15.2 Å². The number of aromatic nitrogens is 8. The smallest absolute Gasteiger partial charge is 0.205 e. The molecule has 0 spiro atoms. The number of nitrogens with zero attached hydrogens (tertiary/aromatic N) is 7. The average molecular weight is 589 g/mol. The standard InChI is InChI=1S/C37H32N8/c1-4-14-25(15-5-1)32-34-35(33(40-39-32)26-16-6-2-7-17-26)45(37(38-34)27-18-8-3-9-19-27)24-28-20-10-11-21-29(28)30-22-12-13-23-31(30)36-41-43-44-42-36/h1-2,4-7,10-17,20-23,27H,3,8-9,18-19,24H2,(H,41,42,43,44). The molecule has 4 aromatic carbocycles. The first-order valence-electron chi connectivity index (χ1n) is 15.6. The van der Waals surface area contributed by atoms with Crippen molar-refractivity contribution < 1.29 is 0 Å². The van der Waals surface area contributed by atoms with Gasteiger partial charge < -0.3 is 4.57 Å². The van der Waals surface area contributed by atoms with E-state index >= 15 is 0 Å². The van der Waals surface area contributed by atoms with Crippen molar-refractivity contribution in [3.8, 4) is 45.0 Å². The molecule has 0 amide bonds. The van der Waals surface area contributed by atoms with Gasteiger partial charge in [-0.3, -0.25) is 0 Å². The summed E-state index contributed by atoms with van der Waals surface area (Å²) in [5, 5.41) is 24.8. The maximum atomic E-state index is 5.48. The lowest BCUT2D eigenvalue weighted by Gasteiger charge is -2.23. The Bertz CT molecular complexity index is 2060. The molecular formula is C37H32N8. The number of tetrazole rings is 1. The Morgan fingerprint density at radius 1 is 0.622 bits per heavy atom. The molecule has 1 aliphatic rings. The Morgan fingerprint density at radius 3 is 1.96 bits per heavy atom. The highest BCUT2D eigenvalue weighted by molar-refractivity contribution is 5.98. The van der Waals surface area contributed by atoms with Gasteiger partial charge in [-0.2, -0.15) is 5.21 Å². The van der Waals surface area contributed by atoms with Crippen LogP contribution in [0.2, 0.25) is 0 Å². The van der Waals surface area contributed by atoms with Gasteiger partial charge >= 0.3 is 0 Å². The van der Waals surface area contributed by atoms with Gasteiger partial charge in [0, 0.05) is 22.6 Å². The van der Waals surface area contributed by atoms with E-state index < -0.39 is 0 Å². The molecule has 45 heavy (non-hydrogen) atoms. The molecule has 0 radical (unpaired) electrons. The lowest BCUT2D eigenvalue weighted by molar-refractivity contribution is 0.420. The minimum absolute atomic E-state index is 0.372. The molecule has 0 bridgehead atoms. The Kier molecular flexibility index (Phi) is 7.15. The van der Waals surface area contributed by atoms with Crippen LogP contribution in [0.3, 0.4) is 0 Å². The number of nitrogens with one attached hydrogen (secondary N) is 1. The predicted octanol–water partition coefficient (Wildman–Crippen LogP) is 8.10. The van der Waals surface area contributed by atoms with Crippen molar-refractivity contribution in [1.82, 2.24) is 40.4 Å². The summed E-state index contributed by atoms with van der Waals surface area (Å²) in [7, 11) is 0. The minimum atomic E-state index is 0.372. The predicted molar refractivity (Wildman–Crippen MR) is 176 cm³/mol. The van der Waals surface area contributed by atoms with E-state index in [2.05, 4.69) is 98.0 Å². The lowest BCUT2D eigenvalue weighted by atomic mass is 9.88. The van der Waals surface area contributed by atoms with E-state index in [-0.39, 0.29) is 0 Å². The van der Waals surface area contributed by atoms with Gasteiger partial charge in [0.1, 0.15) is 22.7 Å². The Balaban J connectivity index is 1.37. The highest BCUT2D eigenvalue weighted by Gasteiger charge is 2.27. The number of H-pyrrole nitrogens is 1. The molecule has 1 saturated carbocycles. The second kappa shape index (κ2) is 11.9. The van der Waals surface area contributed by atoms with E-state index in [9.17, 15) is 0 Å². The topological polar surface area (TPSA) is 98.1 Å². The molecule has 3 aromatic heterocycles. The van der Waals surface area contributed by atoms with Crippen LogP contribution in [0.1, 0.15) is 49.4 Å². The maximum Gasteiger partial charge on any atom is 0.205 e. The van der Waals surface area contributed by atoms with Gasteiger partial charge in [0.15, 0.2) is 0 Å². The summed E-state index contributed by atoms with van der Waals surface area (Å²) in [5.74, 6) is 2.07. The van der Waals surface area contributed by atoms with Crippen LogP contribution in [0.15, 0.2) is 109 Å². The first kappa shape index (κ1) is 27.1. The van der Waals surface area contributed by atoms with Crippen molar-refractivity contribution in [2.45, 2.75) is 44.6 Å². The summed E-state index contributed by atoms with van der Waals surface area (Å²) in [5.41, 5.74) is 9.95. The van der Waals surface area contributed by atoms with Crippen molar-refractivity contribution in [2.24, 2.45) is 0 Å². The number of rotatable bonds is 7. The second-order valence-electron chi connectivity index (χ2n) is 11.7. The molecule has 7 aromatic rings. The minimum Gasteiger partial charge on any atom is -0.321 e. The van der Waals surface area contributed by atoms with E-state index in [1.807, 2.05) is 36.4 Å². The van der Waals surface area contributed by atoms with E-state index in [1.54, 1.807) is 0 Å². The Hall–Kier alpha value is -5.50. The fourth-order valence-corrected chi connectivity index (χ4v) is 6.76. The van der Waals surface area contributed by atoms with Gasteiger partial charge in [0.2, 0.25) is 5.82 Å². The molecular weight excluding hydrogens is 556 g/mol. The summed E-state index contributed by atoms with van der Waals surface area (Å²) in [4.78, 5) is 5.48. The van der Waals surface area contributed by atoms with Crippen LogP contribution in [-0.2, 0) is 6.54 Å². The first-order chi connectivity index (χ1) is 22.3. The summed E-state index contributed by atoms with van der Waals surface area (Å²) < 4.78 is 2.44. The molecule has 0 unspecified atom stereocenters. The third kappa shape index (κ3) is 5.08. The van der Waals surface area contributed by atoms with Gasteiger partial charge in [-0.1, -0.05) is 128 Å². The number of fused-ring (bicyclic) bond motifs is 1. The Morgan fingerprint density at radius 2 is 1.24 bits per heavy atom. The number of benzene rings is 4. The van der Waals surface area contributed by atoms with Crippen LogP contribution in [-0.4, -0.2) is 40.4 Å². The summed E-state index contributed by atoms with van der Waals surface area (Å²) in [6.07, 6.45) is 5.98. The van der Waals surface area contributed by atoms with Crippen molar-refractivity contribution >= 4 is 11.0 Å². The zero-order valence-electron chi connectivity index (χ0n) is 24.8. The lowest BCUT2D eigenvalue weighted by Crippen LogP contribution is -2.14. The molecule has 8 heteroatoms. The highest BCUT2D eigenvalue weighted by atomic mass is 15.5. The number of hydrogen-bond acceptors (Lipinski definition) is 6. The molecule has 0 saturated heterocycles. The number of aromatic amines is 1. The van der Waals surface area contributed by atoms with E-state index in [0.717, 1.165) is 68.9 Å². The number of hydrogen-bond donors (Lipinski definition) is 1. The molecule has 0 aliphatic heterocycles. The third-order valence-electron chi connectivity index (χ3n) is 8.91. The second-order valence-corrected chi connectivity index (χ2v) is 11.7. The average Bonchev–Trinajstić information content (AvgIpc) is 3.79. The Labute approximate surface area is 261 Å². The molecule has 220 valence electrons. The molecule has 8 rings (SSSR count). The van der Waals surface area contributed by atoms with Crippen LogP contribution >= 0.6 is 0 Å². The van der Waals surface area contributed by atoms with Gasteiger partial charge in [0.25, 0.3) is 0 Å². The fraction of sp³-hybridized carbons (Fsp3) is 0.189. The summed E-state index contributed by atoms with van der Waals surface area (Å²) in [6, 6.07) is 37.5. The van der Waals surface area contributed by atoms with Crippen LogP contribution in [0, 0.1) is 0 Å². The highest BCUT2D eigenvalue weighted by Crippen LogP contribution is 2.40. The van der Waals surface area contributed by atoms with Crippen molar-refractivity contribution in [3.63, 3.8) is 0 Å². The van der Waals surface area contributed by atoms with Gasteiger partial charge in [-0.05, 0) is 34.7 Å². The van der Waals surface area contributed by atoms with Crippen LogP contribution in [0.5, 0.6) is 0 Å². The van der Waals surface area contributed by atoms with Crippen molar-refractivity contribution in [2.75, 3.05) is 0 Å². The van der Waals surface area contributed by atoms with Crippen LogP contribution in [0.25, 0.3) is 56.1 Å². The normalized spacial score (nSPS) is 13.8. The SMILES string of the molecule is c1ccc(-c2nnc(-c3ccccc3)c3c2nc(C2CCCCC2)n3Cc2ccccc2-c2ccccc2-c2nn[nH]n2)cc1. The van der Waals surface area contributed by atoms with E-state index in [1.165, 1.54) is 24.8 Å². The zero-order chi connectivity index (χ0) is 30.0. The molecule has 1 fully saturated rings. The van der Waals surface area contributed by atoms with E-state index in [0.29, 0.717) is 18.3 Å². The summed E-state index contributed by atoms with van der Waals surface area (Å²) >= 11 is 0. The van der Waals surface area contributed by atoms with Crippen LogP contribution in [0.4, 0.5) is 0 Å². The quantitative estimate of drug-likeness (QED) is 0.202. The molecule has 0 atom stereocenters. The molecule has 8 nitrogen and oxygen atoms in total. The zero-order valence-corrected chi connectivity index (χ0v) is 24.8. The largest absolute Gasteiger partial charge is 0.321 e. The summed E-state index contributed by atoms with van der Waals surface area (Å²) in [6.45, 7) is 0.638. The van der Waals surface area contributed by atoms with Crippen molar-refractivity contribution in [3.05, 3.63) is 121 Å². The van der Waals surface area contributed by atoms with Gasteiger partial charge in [-0.25, -0.2) is 4.98 Å². The fourth-order valence-electron chi connectivity index (χ4n) is 6.76. The maximum absolute atomic E-state index is 5.48. The van der Waals surface area contributed by atoms with Crippen LogP contribution < -0.4 is 0 Å². The van der Waals surface area contributed by atoms with Crippen molar-refractivity contribution in [1.29, 1.82) is 0 Å². The van der Waals surface area contributed by atoms with Gasteiger partial charge in [0.05, 0.1) is 12.1 Å². The third-order valence-corrected chi connectivity index (χ3v) is 8.91.